The third kappa shape index (κ3) is 1.76. The molecule has 0 fully saturated rings. The van der Waals surface area contributed by atoms with E-state index < -0.39 is 0 Å². The Morgan fingerprint density at radius 3 is 2.76 bits per heavy atom. The van der Waals surface area contributed by atoms with Crippen molar-refractivity contribution in [3.63, 3.8) is 0 Å². The number of hydrogen-bond acceptors (Lipinski definition) is 5. The fraction of sp³-hybridized carbons (Fsp3) is 0. The first kappa shape index (κ1) is 9.59. The van der Waals surface area contributed by atoms with Crippen molar-refractivity contribution in [2.24, 2.45) is 0 Å². The summed E-state index contributed by atoms with van der Waals surface area (Å²) in [6.45, 7) is 0. The zero-order chi connectivity index (χ0) is 11.7. The molecular weight excluding hydrogens is 218 g/mol. The number of anilines is 2. The summed E-state index contributed by atoms with van der Waals surface area (Å²) in [6.07, 6.45) is 3.13. The first-order valence-electron chi connectivity index (χ1n) is 5.03. The number of fused-ring (bicyclic) bond motifs is 1. The van der Waals surface area contributed by atoms with Crippen molar-refractivity contribution in [1.29, 1.82) is 0 Å². The standard InChI is InChI=1S/C11H9N5O/c17-8-3-1-7(2-4-8)15-10-9-5-14-16-11(9)13-6-12-10/h1-6,17H,(H2,12,13,14,15,16). The van der Waals surface area contributed by atoms with Crippen LogP contribution in [0.4, 0.5) is 11.5 Å². The Morgan fingerprint density at radius 2 is 1.94 bits per heavy atom. The zero-order valence-corrected chi connectivity index (χ0v) is 8.75. The lowest BCUT2D eigenvalue weighted by Crippen LogP contribution is -1.94. The van der Waals surface area contributed by atoms with E-state index >= 15 is 0 Å². The van der Waals surface area contributed by atoms with Gasteiger partial charge in [-0.25, -0.2) is 9.97 Å². The second-order valence-electron chi connectivity index (χ2n) is 3.53. The molecule has 3 rings (SSSR count). The van der Waals surface area contributed by atoms with Crippen molar-refractivity contribution in [3.05, 3.63) is 36.8 Å². The van der Waals surface area contributed by atoms with Crippen molar-refractivity contribution < 1.29 is 5.11 Å². The highest BCUT2D eigenvalue weighted by atomic mass is 16.3. The van der Waals surface area contributed by atoms with Gasteiger partial charge in [-0.2, -0.15) is 5.10 Å². The minimum Gasteiger partial charge on any atom is -0.508 e. The molecule has 1 aromatic carbocycles. The van der Waals surface area contributed by atoms with E-state index in [2.05, 4.69) is 25.5 Å². The largest absolute Gasteiger partial charge is 0.508 e. The minimum absolute atomic E-state index is 0.228. The summed E-state index contributed by atoms with van der Waals surface area (Å²) < 4.78 is 0. The van der Waals surface area contributed by atoms with Gasteiger partial charge in [-0.3, -0.25) is 5.10 Å². The molecule has 0 radical (unpaired) electrons. The molecule has 0 spiro atoms. The molecule has 3 aromatic rings. The van der Waals surface area contributed by atoms with Crippen molar-refractivity contribution in [3.8, 4) is 5.75 Å². The van der Waals surface area contributed by atoms with Crippen molar-refractivity contribution in [2.75, 3.05) is 5.32 Å². The van der Waals surface area contributed by atoms with Gasteiger partial charge < -0.3 is 10.4 Å². The summed E-state index contributed by atoms with van der Waals surface area (Å²) in [6, 6.07) is 6.75. The van der Waals surface area contributed by atoms with Crippen LogP contribution in [0.5, 0.6) is 5.75 Å². The highest BCUT2D eigenvalue weighted by Crippen LogP contribution is 2.22. The average Bonchev–Trinajstić information content (AvgIpc) is 2.81. The van der Waals surface area contributed by atoms with E-state index in [0.29, 0.717) is 11.5 Å². The summed E-state index contributed by atoms with van der Waals surface area (Å²) in [4.78, 5) is 8.20. The molecule has 6 nitrogen and oxygen atoms in total. The number of aromatic amines is 1. The maximum Gasteiger partial charge on any atom is 0.160 e. The Bertz CT molecular complexity index is 646. The number of aromatic nitrogens is 4. The summed E-state index contributed by atoms with van der Waals surface area (Å²) in [5.74, 6) is 0.904. The van der Waals surface area contributed by atoms with E-state index in [1.165, 1.54) is 6.33 Å². The van der Waals surface area contributed by atoms with Crippen LogP contribution in [-0.2, 0) is 0 Å². The number of phenolic OH excluding ortho intramolecular Hbond substituents is 1. The number of phenols is 1. The Hall–Kier alpha value is -2.63. The highest BCUT2D eigenvalue weighted by molar-refractivity contribution is 5.87. The number of benzene rings is 1. The first-order chi connectivity index (χ1) is 8.33. The monoisotopic (exact) mass is 227 g/mol. The highest BCUT2D eigenvalue weighted by Gasteiger charge is 2.05. The Morgan fingerprint density at radius 1 is 1.12 bits per heavy atom. The van der Waals surface area contributed by atoms with Gasteiger partial charge in [0.15, 0.2) is 5.65 Å². The molecule has 6 heteroatoms. The molecule has 17 heavy (non-hydrogen) atoms. The van der Waals surface area contributed by atoms with Gasteiger partial charge >= 0.3 is 0 Å². The molecule has 2 heterocycles. The van der Waals surface area contributed by atoms with Crippen LogP contribution in [0.3, 0.4) is 0 Å². The quantitative estimate of drug-likeness (QED) is 0.581. The van der Waals surface area contributed by atoms with Crippen molar-refractivity contribution >= 4 is 22.5 Å². The third-order valence-electron chi connectivity index (χ3n) is 2.38. The molecule has 0 aliphatic heterocycles. The Balaban J connectivity index is 1.99. The lowest BCUT2D eigenvalue weighted by Gasteiger charge is -2.05. The van der Waals surface area contributed by atoms with Crippen LogP contribution in [0.15, 0.2) is 36.8 Å². The number of hydrogen-bond donors (Lipinski definition) is 3. The van der Waals surface area contributed by atoms with Gasteiger partial charge in [-0.1, -0.05) is 0 Å². The molecule has 0 aliphatic rings. The van der Waals surface area contributed by atoms with Gasteiger partial charge in [-0.15, -0.1) is 0 Å². The van der Waals surface area contributed by atoms with Crippen LogP contribution in [0, 0.1) is 0 Å². The maximum atomic E-state index is 9.19. The maximum absolute atomic E-state index is 9.19. The molecule has 0 atom stereocenters. The molecule has 0 unspecified atom stereocenters. The predicted octanol–water partition coefficient (Wildman–Crippen LogP) is 1.80. The van der Waals surface area contributed by atoms with E-state index in [1.54, 1.807) is 30.5 Å². The lowest BCUT2D eigenvalue weighted by atomic mass is 10.3. The van der Waals surface area contributed by atoms with Crippen LogP contribution >= 0.6 is 0 Å². The van der Waals surface area contributed by atoms with Crippen LogP contribution in [0.2, 0.25) is 0 Å². The van der Waals surface area contributed by atoms with E-state index in [1.807, 2.05) is 0 Å². The summed E-state index contributed by atoms with van der Waals surface area (Å²) in [5.41, 5.74) is 1.52. The molecule has 0 bridgehead atoms. The average molecular weight is 227 g/mol. The SMILES string of the molecule is Oc1ccc(Nc2ncnc3[nH]ncc23)cc1. The summed E-state index contributed by atoms with van der Waals surface area (Å²) in [7, 11) is 0. The predicted molar refractivity (Wildman–Crippen MR) is 63.1 cm³/mol. The molecular formula is C11H9N5O. The Kier molecular flexibility index (Phi) is 2.11. The van der Waals surface area contributed by atoms with Gasteiger partial charge in [0.2, 0.25) is 0 Å². The van der Waals surface area contributed by atoms with E-state index in [0.717, 1.165) is 11.1 Å². The number of nitrogens with zero attached hydrogens (tertiary/aromatic N) is 3. The summed E-state index contributed by atoms with van der Waals surface area (Å²) in [5, 5.41) is 19.8. The van der Waals surface area contributed by atoms with Crippen molar-refractivity contribution in [1.82, 2.24) is 20.2 Å². The fourth-order valence-corrected chi connectivity index (χ4v) is 1.55. The number of aromatic hydroxyl groups is 1. The first-order valence-corrected chi connectivity index (χ1v) is 5.03. The second-order valence-corrected chi connectivity index (χ2v) is 3.53. The molecule has 2 aromatic heterocycles. The van der Waals surface area contributed by atoms with Gasteiger partial charge in [0, 0.05) is 5.69 Å². The van der Waals surface area contributed by atoms with Gasteiger partial charge in [-0.05, 0) is 24.3 Å². The molecule has 84 valence electrons. The molecule has 0 saturated carbocycles. The van der Waals surface area contributed by atoms with Crippen LogP contribution < -0.4 is 5.32 Å². The third-order valence-corrected chi connectivity index (χ3v) is 2.38. The molecule has 0 aliphatic carbocycles. The molecule has 0 saturated heterocycles. The lowest BCUT2D eigenvalue weighted by molar-refractivity contribution is 0.475. The van der Waals surface area contributed by atoms with E-state index in [-0.39, 0.29) is 5.75 Å². The van der Waals surface area contributed by atoms with Crippen LogP contribution in [-0.4, -0.2) is 25.3 Å². The van der Waals surface area contributed by atoms with E-state index in [9.17, 15) is 5.11 Å². The number of H-pyrrole nitrogens is 1. The fourth-order valence-electron chi connectivity index (χ4n) is 1.55. The molecule has 0 amide bonds. The normalized spacial score (nSPS) is 10.6. The van der Waals surface area contributed by atoms with Crippen LogP contribution in [0.25, 0.3) is 11.0 Å². The van der Waals surface area contributed by atoms with Gasteiger partial charge in [0.1, 0.15) is 17.9 Å². The zero-order valence-electron chi connectivity index (χ0n) is 8.75. The second kappa shape index (κ2) is 3.75. The van der Waals surface area contributed by atoms with Crippen LogP contribution in [0.1, 0.15) is 0 Å². The van der Waals surface area contributed by atoms with Gasteiger partial charge in [0.05, 0.1) is 11.6 Å². The van der Waals surface area contributed by atoms with E-state index in [4.69, 9.17) is 0 Å². The molecule has 3 N–H and O–H groups in total. The smallest absolute Gasteiger partial charge is 0.160 e. The summed E-state index contributed by atoms with van der Waals surface area (Å²) >= 11 is 0. The van der Waals surface area contributed by atoms with Crippen molar-refractivity contribution in [2.45, 2.75) is 0 Å². The number of nitrogens with one attached hydrogen (secondary N) is 2. The van der Waals surface area contributed by atoms with Gasteiger partial charge in [0.25, 0.3) is 0 Å². The topological polar surface area (TPSA) is 86.7 Å². The Labute approximate surface area is 96.4 Å². The minimum atomic E-state index is 0.228. The number of rotatable bonds is 2.